The maximum atomic E-state index is 12.5. The topological polar surface area (TPSA) is 59.8 Å². The van der Waals surface area contributed by atoms with E-state index in [1.54, 1.807) is 22.9 Å². The first-order valence-electron chi connectivity index (χ1n) is 9.03. The van der Waals surface area contributed by atoms with Crippen LogP contribution in [0.4, 0.5) is 5.95 Å². The number of rotatable bonds is 5. The number of nitrogens with one attached hydrogen (secondary N) is 1. The van der Waals surface area contributed by atoms with E-state index in [2.05, 4.69) is 15.3 Å². The quantitative estimate of drug-likeness (QED) is 0.538. The van der Waals surface area contributed by atoms with Gasteiger partial charge in [0.05, 0.1) is 12.6 Å². The summed E-state index contributed by atoms with van der Waals surface area (Å²) in [6.45, 7) is 2.49. The van der Waals surface area contributed by atoms with Crippen molar-refractivity contribution in [2.24, 2.45) is 0 Å². The molecule has 1 N–H and O–H groups in total. The predicted molar refractivity (Wildman–Crippen MR) is 113 cm³/mol. The second-order valence-corrected chi connectivity index (χ2v) is 7.07. The summed E-state index contributed by atoms with van der Waals surface area (Å²) >= 11 is 5.96. The lowest BCUT2D eigenvalue weighted by Gasteiger charge is -2.15. The summed E-state index contributed by atoms with van der Waals surface area (Å²) < 4.78 is 1.67. The average Bonchev–Trinajstić information content (AvgIpc) is 2.71. The molecule has 0 bridgehead atoms. The highest BCUT2D eigenvalue weighted by Crippen LogP contribution is 2.20. The molecule has 0 radical (unpaired) electrons. The Morgan fingerprint density at radius 1 is 1.04 bits per heavy atom. The van der Waals surface area contributed by atoms with Crippen molar-refractivity contribution < 1.29 is 0 Å². The van der Waals surface area contributed by atoms with Gasteiger partial charge in [-0.3, -0.25) is 9.36 Å². The molecule has 0 saturated carbocycles. The summed E-state index contributed by atoms with van der Waals surface area (Å²) in [5, 5.41) is 4.82. The lowest BCUT2D eigenvalue weighted by molar-refractivity contribution is 0.779. The molecule has 0 saturated heterocycles. The Labute approximate surface area is 167 Å². The van der Waals surface area contributed by atoms with Gasteiger partial charge in [-0.15, -0.1) is 0 Å². The number of halogens is 1. The Bertz CT molecular complexity index is 1160. The third kappa shape index (κ3) is 3.89. The Morgan fingerprint density at radius 3 is 2.54 bits per heavy atom. The van der Waals surface area contributed by atoms with Crippen molar-refractivity contribution in [3.63, 3.8) is 0 Å². The second kappa shape index (κ2) is 7.82. The van der Waals surface area contributed by atoms with Crippen LogP contribution >= 0.6 is 11.6 Å². The van der Waals surface area contributed by atoms with Gasteiger partial charge < -0.3 is 5.32 Å². The van der Waals surface area contributed by atoms with Crippen LogP contribution in [0.5, 0.6) is 0 Å². The highest BCUT2D eigenvalue weighted by Gasteiger charge is 2.11. The van der Waals surface area contributed by atoms with E-state index in [0.29, 0.717) is 23.2 Å². The van der Waals surface area contributed by atoms with Crippen molar-refractivity contribution in [3.05, 3.63) is 99.4 Å². The van der Waals surface area contributed by atoms with Crippen molar-refractivity contribution >= 4 is 28.6 Å². The molecule has 1 atom stereocenters. The lowest BCUT2D eigenvalue weighted by Crippen LogP contribution is -2.21. The number of hydrogen-bond donors (Lipinski definition) is 1. The summed E-state index contributed by atoms with van der Waals surface area (Å²) in [5.74, 6) is 0.474. The molecule has 5 nitrogen and oxygen atoms in total. The number of hydrogen-bond acceptors (Lipinski definition) is 4. The van der Waals surface area contributed by atoms with E-state index in [1.807, 2.05) is 61.5 Å². The summed E-state index contributed by atoms with van der Waals surface area (Å²) in [7, 11) is 0. The lowest BCUT2D eigenvalue weighted by atomic mass is 10.1. The van der Waals surface area contributed by atoms with E-state index in [9.17, 15) is 4.79 Å². The molecule has 28 heavy (non-hydrogen) atoms. The van der Waals surface area contributed by atoms with Gasteiger partial charge in [-0.1, -0.05) is 54.1 Å². The molecule has 0 aliphatic carbocycles. The zero-order valence-electron chi connectivity index (χ0n) is 15.3. The van der Waals surface area contributed by atoms with Gasteiger partial charge in [0.2, 0.25) is 5.95 Å². The number of fused-ring (bicyclic) bond motifs is 1. The van der Waals surface area contributed by atoms with Gasteiger partial charge in [-0.25, -0.2) is 4.98 Å². The number of aromatic nitrogens is 3. The van der Waals surface area contributed by atoms with Crippen LogP contribution in [0.15, 0.2) is 77.7 Å². The van der Waals surface area contributed by atoms with Gasteiger partial charge in [0.1, 0.15) is 5.65 Å². The Hall–Kier alpha value is -3.18. The molecule has 4 rings (SSSR count). The van der Waals surface area contributed by atoms with Gasteiger partial charge in [0, 0.05) is 22.7 Å². The molecule has 2 heterocycles. The predicted octanol–water partition coefficient (Wildman–Crippen LogP) is 4.67. The molecule has 0 aliphatic rings. The van der Waals surface area contributed by atoms with E-state index in [1.165, 1.54) is 0 Å². The van der Waals surface area contributed by atoms with Crippen LogP contribution in [0.2, 0.25) is 5.02 Å². The van der Waals surface area contributed by atoms with Crippen molar-refractivity contribution in [2.75, 3.05) is 5.32 Å². The third-order valence-electron chi connectivity index (χ3n) is 4.62. The van der Waals surface area contributed by atoms with E-state index < -0.39 is 0 Å². The molecule has 140 valence electrons. The zero-order valence-corrected chi connectivity index (χ0v) is 16.1. The van der Waals surface area contributed by atoms with Crippen LogP contribution in [-0.4, -0.2) is 14.5 Å². The molecule has 0 amide bonds. The van der Waals surface area contributed by atoms with E-state index in [-0.39, 0.29) is 11.6 Å². The number of anilines is 1. The number of nitrogens with zero attached hydrogens (tertiary/aromatic N) is 3. The third-order valence-corrected chi connectivity index (χ3v) is 4.87. The molecule has 2 aromatic carbocycles. The van der Waals surface area contributed by atoms with Crippen molar-refractivity contribution in [2.45, 2.75) is 19.5 Å². The minimum absolute atomic E-state index is 0.00674. The van der Waals surface area contributed by atoms with Gasteiger partial charge in [-0.2, -0.15) is 4.98 Å². The maximum absolute atomic E-state index is 12.5. The molecule has 0 unspecified atom stereocenters. The molecular formula is C22H19ClN4O. The molecule has 0 aliphatic heterocycles. The van der Waals surface area contributed by atoms with E-state index in [4.69, 9.17) is 11.6 Å². The normalized spacial score (nSPS) is 12.1. The fourth-order valence-electron chi connectivity index (χ4n) is 3.09. The van der Waals surface area contributed by atoms with Crippen LogP contribution in [0.3, 0.4) is 0 Å². The second-order valence-electron chi connectivity index (χ2n) is 6.63. The van der Waals surface area contributed by atoms with Crippen LogP contribution in [0, 0.1) is 0 Å². The van der Waals surface area contributed by atoms with Crippen LogP contribution in [-0.2, 0) is 6.54 Å². The average molecular weight is 391 g/mol. The first-order valence-corrected chi connectivity index (χ1v) is 9.40. The first kappa shape index (κ1) is 18.2. The molecule has 0 spiro atoms. The molecule has 0 fully saturated rings. The smallest absolute Gasteiger partial charge is 0.252 e. The summed E-state index contributed by atoms with van der Waals surface area (Å²) in [6.07, 6.45) is 1.74. The fourth-order valence-corrected chi connectivity index (χ4v) is 3.21. The van der Waals surface area contributed by atoms with Gasteiger partial charge >= 0.3 is 0 Å². The summed E-state index contributed by atoms with van der Waals surface area (Å²) in [5.41, 5.74) is 2.63. The van der Waals surface area contributed by atoms with Gasteiger partial charge in [0.15, 0.2) is 0 Å². The number of pyridine rings is 1. The number of benzene rings is 2. The van der Waals surface area contributed by atoms with Crippen LogP contribution in [0.25, 0.3) is 11.0 Å². The van der Waals surface area contributed by atoms with Crippen molar-refractivity contribution in [1.82, 2.24) is 14.5 Å². The largest absolute Gasteiger partial charge is 0.348 e. The standard InChI is InChI=1S/C22H19ClN4O/c1-15(17-7-10-19(23)11-8-17)25-22-24-13-18-9-12-20(28)27(21(18)26-22)14-16-5-3-2-4-6-16/h2-13,15H,14H2,1H3,(H,24,25,26)/t15-/m0/s1. The molecule has 6 heteroatoms. The SMILES string of the molecule is C[C@H](Nc1ncc2ccc(=O)n(Cc3ccccc3)c2n1)c1ccc(Cl)cc1. The molecule has 4 aromatic rings. The Morgan fingerprint density at radius 2 is 1.79 bits per heavy atom. The van der Waals surface area contributed by atoms with Gasteiger partial charge in [-0.05, 0) is 36.2 Å². The highest BCUT2D eigenvalue weighted by molar-refractivity contribution is 6.30. The van der Waals surface area contributed by atoms with E-state index in [0.717, 1.165) is 16.5 Å². The monoisotopic (exact) mass is 390 g/mol. The Balaban J connectivity index is 1.68. The highest BCUT2D eigenvalue weighted by atomic mass is 35.5. The summed E-state index contributed by atoms with van der Waals surface area (Å²) in [6, 6.07) is 20.8. The van der Waals surface area contributed by atoms with Crippen molar-refractivity contribution in [3.8, 4) is 0 Å². The van der Waals surface area contributed by atoms with Crippen LogP contribution < -0.4 is 10.9 Å². The van der Waals surface area contributed by atoms with Gasteiger partial charge in [0.25, 0.3) is 5.56 Å². The maximum Gasteiger partial charge on any atom is 0.252 e. The fraction of sp³-hybridized carbons (Fsp3) is 0.136. The molecular weight excluding hydrogens is 372 g/mol. The Kier molecular flexibility index (Phi) is 5.08. The minimum Gasteiger partial charge on any atom is -0.348 e. The summed E-state index contributed by atoms with van der Waals surface area (Å²) in [4.78, 5) is 21.5. The van der Waals surface area contributed by atoms with E-state index >= 15 is 0 Å². The molecule has 2 aromatic heterocycles. The first-order chi connectivity index (χ1) is 13.6. The zero-order chi connectivity index (χ0) is 19.5. The minimum atomic E-state index is -0.0910. The van der Waals surface area contributed by atoms with Crippen molar-refractivity contribution in [1.29, 1.82) is 0 Å². The van der Waals surface area contributed by atoms with Crippen LogP contribution in [0.1, 0.15) is 24.1 Å².